The molecule has 0 spiro atoms. The van der Waals surface area contributed by atoms with Crippen LogP contribution in [0.2, 0.25) is 0 Å². The molecule has 3 nitrogen and oxygen atoms in total. The Morgan fingerprint density at radius 3 is 2.50 bits per heavy atom. The fourth-order valence-electron chi connectivity index (χ4n) is 1.43. The van der Waals surface area contributed by atoms with E-state index in [9.17, 15) is 4.79 Å². The lowest BCUT2D eigenvalue weighted by molar-refractivity contribution is 0.103. The van der Waals surface area contributed by atoms with E-state index in [1.54, 1.807) is 0 Å². The van der Waals surface area contributed by atoms with Gasteiger partial charge in [0, 0.05) is 6.04 Å². The molecule has 0 unspecified atom stereocenters. The number of amides is 1. The van der Waals surface area contributed by atoms with Gasteiger partial charge in [0.15, 0.2) is 0 Å². The third-order valence-electron chi connectivity index (χ3n) is 2.04. The summed E-state index contributed by atoms with van der Waals surface area (Å²) in [6.07, 6.45) is 1.88. The van der Waals surface area contributed by atoms with Crippen molar-refractivity contribution < 1.29 is 9.53 Å². The molecule has 12 heavy (non-hydrogen) atoms. The van der Waals surface area contributed by atoms with Crippen LogP contribution in [-0.4, -0.2) is 18.2 Å². The number of hydrogen-bond acceptors (Lipinski definition) is 2. The van der Waals surface area contributed by atoms with Gasteiger partial charge in [-0.2, -0.15) is 0 Å². The first-order chi connectivity index (χ1) is 5.58. The average molecular weight is 171 g/mol. The summed E-state index contributed by atoms with van der Waals surface area (Å²) in [7, 11) is 0. The average Bonchev–Trinajstić information content (AvgIpc) is 1.82. The molecule has 0 atom stereocenters. The highest BCUT2D eigenvalue weighted by atomic mass is 16.6. The number of carbonyl (C=O) groups excluding carboxylic acids is 1. The molecule has 0 heterocycles. The summed E-state index contributed by atoms with van der Waals surface area (Å²) < 4.78 is 4.94. The molecule has 0 saturated heterocycles. The van der Waals surface area contributed by atoms with Gasteiger partial charge in [-0.25, -0.2) is 4.79 Å². The monoisotopic (exact) mass is 171 g/mol. The van der Waals surface area contributed by atoms with Crippen molar-refractivity contribution >= 4 is 6.09 Å². The van der Waals surface area contributed by atoms with Gasteiger partial charge in [-0.15, -0.1) is 0 Å². The third kappa shape index (κ3) is 2.72. The Kier molecular flexibility index (Phi) is 2.95. The van der Waals surface area contributed by atoms with Crippen LogP contribution in [0, 0.1) is 5.92 Å². The van der Waals surface area contributed by atoms with Gasteiger partial charge in [0.05, 0.1) is 6.10 Å². The molecule has 1 fully saturated rings. The first kappa shape index (κ1) is 9.36. The van der Waals surface area contributed by atoms with Crippen LogP contribution in [0.25, 0.3) is 0 Å². The van der Waals surface area contributed by atoms with Crippen LogP contribution >= 0.6 is 0 Å². The number of carbonyl (C=O) groups is 1. The van der Waals surface area contributed by atoms with Crippen molar-refractivity contribution in [2.45, 2.75) is 45.8 Å². The zero-order valence-corrected chi connectivity index (χ0v) is 7.96. The Bertz CT molecular complexity index is 162. The van der Waals surface area contributed by atoms with Crippen molar-refractivity contribution in [1.82, 2.24) is 5.32 Å². The van der Waals surface area contributed by atoms with Gasteiger partial charge in [-0.3, -0.25) is 0 Å². The van der Waals surface area contributed by atoms with Gasteiger partial charge in [-0.1, -0.05) is 6.92 Å². The van der Waals surface area contributed by atoms with E-state index in [1.165, 1.54) is 0 Å². The fourth-order valence-corrected chi connectivity index (χ4v) is 1.43. The Balaban J connectivity index is 2.11. The van der Waals surface area contributed by atoms with E-state index in [-0.39, 0.29) is 12.2 Å². The Hall–Kier alpha value is -0.730. The van der Waals surface area contributed by atoms with Crippen LogP contribution in [0.5, 0.6) is 0 Å². The van der Waals surface area contributed by atoms with E-state index in [0.717, 1.165) is 18.8 Å². The van der Waals surface area contributed by atoms with Crippen molar-refractivity contribution in [3.63, 3.8) is 0 Å². The molecule has 0 bridgehead atoms. The van der Waals surface area contributed by atoms with Gasteiger partial charge >= 0.3 is 6.09 Å². The maximum Gasteiger partial charge on any atom is 0.407 e. The molecule has 1 aliphatic carbocycles. The molecular formula is C9H17NO2. The first-order valence-corrected chi connectivity index (χ1v) is 4.55. The lowest BCUT2D eigenvalue weighted by Crippen LogP contribution is -2.44. The molecule has 1 N–H and O–H groups in total. The summed E-state index contributed by atoms with van der Waals surface area (Å²) in [6.45, 7) is 5.89. The normalized spacial score (nSPS) is 28.0. The summed E-state index contributed by atoms with van der Waals surface area (Å²) in [5.74, 6) is 0.759. The molecule has 1 amide bonds. The molecule has 0 aliphatic heterocycles. The van der Waals surface area contributed by atoms with Crippen LogP contribution in [0.3, 0.4) is 0 Å². The van der Waals surface area contributed by atoms with Crippen LogP contribution in [0.1, 0.15) is 33.6 Å². The highest BCUT2D eigenvalue weighted by Gasteiger charge is 2.27. The lowest BCUT2D eigenvalue weighted by Gasteiger charge is -2.32. The summed E-state index contributed by atoms with van der Waals surface area (Å²) in [5.41, 5.74) is 0. The molecule has 70 valence electrons. The molecule has 0 aromatic heterocycles. The molecular weight excluding hydrogens is 154 g/mol. The topological polar surface area (TPSA) is 38.3 Å². The number of rotatable bonds is 2. The summed E-state index contributed by atoms with van der Waals surface area (Å²) in [5, 5.41) is 2.82. The Morgan fingerprint density at radius 1 is 1.50 bits per heavy atom. The summed E-state index contributed by atoms with van der Waals surface area (Å²) in [6, 6.07) is 0.353. The van der Waals surface area contributed by atoms with Gasteiger partial charge in [0.2, 0.25) is 0 Å². The molecule has 0 radical (unpaired) electrons. The van der Waals surface area contributed by atoms with Crippen LogP contribution < -0.4 is 5.32 Å². The number of hydrogen-bond donors (Lipinski definition) is 1. The van der Waals surface area contributed by atoms with Crippen LogP contribution in [0.4, 0.5) is 4.79 Å². The predicted octanol–water partition coefficient (Wildman–Crippen LogP) is 1.92. The standard InChI is InChI=1S/C9H17NO2/c1-6(2)12-9(11)10-8-4-7(3)5-8/h6-8H,4-5H2,1-3H3,(H,10,11)/t7-,8+. The predicted molar refractivity (Wildman–Crippen MR) is 46.9 cm³/mol. The zero-order chi connectivity index (χ0) is 9.14. The maximum absolute atomic E-state index is 11.0. The first-order valence-electron chi connectivity index (χ1n) is 4.55. The molecule has 0 aromatic carbocycles. The van der Waals surface area contributed by atoms with Crippen LogP contribution in [0.15, 0.2) is 0 Å². The fraction of sp³-hybridized carbons (Fsp3) is 0.889. The van der Waals surface area contributed by atoms with Crippen molar-refractivity contribution in [1.29, 1.82) is 0 Å². The smallest absolute Gasteiger partial charge is 0.407 e. The summed E-state index contributed by atoms with van der Waals surface area (Å²) >= 11 is 0. The van der Waals surface area contributed by atoms with E-state index >= 15 is 0 Å². The van der Waals surface area contributed by atoms with E-state index in [0.29, 0.717) is 6.04 Å². The van der Waals surface area contributed by atoms with Crippen molar-refractivity contribution in [3.8, 4) is 0 Å². The molecule has 1 aliphatic rings. The quantitative estimate of drug-likeness (QED) is 0.689. The SMILES string of the molecule is CC(C)OC(=O)N[C@H]1C[C@@H](C)C1. The van der Waals surface area contributed by atoms with Gasteiger partial charge < -0.3 is 10.1 Å². The van der Waals surface area contributed by atoms with E-state index < -0.39 is 0 Å². The lowest BCUT2D eigenvalue weighted by atomic mass is 9.82. The number of ether oxygens (including phenoxy) is 1. The highest BCUT2D eigenvalue weighted by molar-refractivity contribution is 5.67. The third-order valence-corrected chi connectivity index (χ3v) is 2.04. The van der Waals surface area contributed by atoms with Gasteiger partial charge in [-0.05, 0) is 32.6 Å². The van der Waals surface area contributed by atoms with E-state index in [4.69, 9.17) is 4.74 Å². The highest BCUT2D eigenvalue weighted by Crippen LogP contribution is 2.26. The van der Waals surface area contributed by atoms with E-state index in [2.05, 4.69) is 12.2 Å². The number of nitrogens with one attached hydrogen (secondary N) is 1. The largest absolute Gasteiger partial charge is 0.447 e. The van der Waals surface area contributed by atoms with E-state index in [1.807, 2.05) is 13.8 Å². The molecule has 1 saturated carbocycles. The Labute approximate surface area is 73.5 Å². The minimum absolute atomic E-state index is 0.0255. The van der Waals surface area contributed by atoms with Crippen molar-refractivity contribution in [2.24, 2.45) is 5.92 Å². The van der Waals surface area contributed by atoms with Gasteiger partial charge in [0.1, 0.15) is 0 Å². The summed E-state index contributed by atoms with van der Waals surface area (Å²) in [4.78, 5) is 11.0. The van der Waals surface area contributed by atoms with Gasteiger partial charge in [0.25, 0.3) is 0 Å². The van der Waals surface area contributed by atoms with Crippen molar-refractivity contribution in [2.75, 3.05) is 0 Å². The second-order valence-corrected chi connectivity index (χ2v) is 3.87. The zero-order valence-electron chi connectivity index (χ0n) is 7.96. The minimum atomic E-state index is -0.276. The Morgan fingerprint density at radius 2 is 2.08 bits per heavy atom. The molecule has 3 heteroatoms. The maximum atomic E-state index is 11.0. The molecule has 1 rings (SSSR count). The number of alkyl carbamates (subject to hydrolysis) is 1. The minimum Gasteiger partial charge on any atom is -0.447 e. The second-order valence-electron chi connectivity index (χ2n) is 3.87. The van der Waals surface area contributed by atoms with Crippen molar-refractivity contribution in [3.05, 3.63) is 0 Å². The molecule has 0 aromatic rings. The second kappa shape index (κ2) is 3.78. The van der Waals surface area contributed by atoms with Crippen LogP contribution in [-0.2, 0) is 4.74 Å².